The lowest BCUT2D eigenvalue weighted by Crippen LogP contribution is -2.31. The first-order valence-electron chi connectivity index (χ1n) is 3.96. The van der Waals surface area contributed by atoms with E-state index in [0.29, 0.717) is 0 Å². The van der Waals surface area contributed by atoms with Gasteiger partial charge in [0.15, 0.2) is 0 Å². The zero-order chi connectivity index (χ0) is 8.69. The molecule has 0 spiro atoms. The van der Waals surface area contributed by atoms with Gasteiger partial charge >= 0.3 is 0 Å². The Morgan fingerprint density at radius 1 is 1.00 bits per heavy atom. The molecule has 0 aliphatic rings. The molecule has 4 N–H and O–H groups in total. The van der Waals surface area contributed by atoms with Gasteiger partial charge < -0.3 is 10.2 Å². The van der Waals surface area contributed by atoms with Crippen molar-refractivity contribution in [2.45, 2.75) is 32.7 Å². The average molecular weight is 162 g/mol. The van der Waals surface area contributed by atoms with E-state index in [1.54, 1.807) is 13.8 Å². The Balaban J connectivity index is 2.91. The molecule has 0 rings (SSSR count). The van der Waals surface area contributed by atoms with Crippen molar-refractivity contribution in [2.75, 3.05) is 13.1 Å². The molecule has 0 saturated heterocycles. The van der Waals surface area contributed by atoms with Gasteiger partial charge in [0.05, 0.1) is 0 Å². The van der Waals surface area contributed by atoms with E-state index < -0.39 is 12.5 Å². The molecule has 11 heavy (non-hydrogen) atoms. The fourth-order valence-electron chi connectivity index (χ4n) is 0.710. The third-order valence-electron chi connectivity index (χ3n) is 1.23. The minimum atomic E-state index is -0.443. The molecule has 68 valence electrons. The van der Waals surface area contributed by atoms with Crippen LogP contribution in [-0.4, -0.2) is 35.8 Å². The lowest BCUT2D eigenvalue weighted by molar-refractivity contribution is 0.147. The van der Waals surface area contributed by atoms with Gasteiger partial charge in [0.1, 0.15) is 12.5 Å². The highest BCUT2D eigenvalue weighted by atomic mass is 16.3. The molecule has 0 radical (unpaired) electrons. The first-order chi connectivity index (χ1) is 5.13. The summed E-state index contributed by atoms with van der Waals surface area (Å²) in [6.45, 7) is 4.89. The average Bonchev–Trinajstić information content (AvgIpc) is 1.85. The molecular formula is C7H18N2O2. The molecule has 0 heterocycles. The van der Waals surface area contributed by atoms with Crippen LogP contribution in [0.5, 0.6) is 0 Å². The largest absolute Gasteiger partial charge is 0.379 e. The van der Waals surface area contributed by atoms with Crippen LogP contribution >= 0.6 is 0 Å². The third kappa shape index (κ3) is 9.84. The van der Waals surface area contributed by atoms with Crippen LogP contribution in [0.1, 0.15) is 20.3 Å². The van der Waals surface area contributed by atoms with Crippen LogP contribution in [0.2, 0.25) is 0 Å². The topological polar surface area (TPSA) is 64.5 Å². The van der Waals surface area contributed by atoms with Crippen molar-refractivity contribution >= 4 is 0 Å². The van der Waals surface area contributed by atoms with Gasteiger partial charge in [0, 0.05) is 0 Å². The first-order valence-corrected chi connectivity index (χ1v) is 3.96. The monoisotopic (exact) mass is 162 g/mol. The summed E-state index contributed by atoms with van der Waals surface area (Å²) in [5.41, 5.74) is 0. The number of hydrogen-bond acceptors (Lipinski definition) is 4. The lowest BCUT2D eigenvalue weighted by atomic mass is 10.4. The molecule has 0 aromatic heterocycles. The van der Waals surface area contributed by atoms with E-state index >= 15 is 0 Å². The minimum Gasteiger partial charge on any atom is -0.379 e. The number of nitrogens with one attached hydrogen (secondary N) is 2. The van der Waals surface area contributed by atoms with Gasteiger partial charge in [0.2, 0.25) is 0 Å². The molecule has 0 aliphatic heterocycles. The van der Waals surface area contributed by atoms with Crippen LogP contribution in [0.25, 0.3) is 0 Å². The van der Waals surface area contributed by atoms with Crippen molar-refractivity contribution in [1.29, 1.82) is 0 Å². The van der Waals surface area contributed by atoms with Crippen LogP contribution in [-0.2, 0) is 0 Å². The normalized spacial score (nSPS) is 16.4. The van der Waals surface area contributed by atoms with Gasteiger partial charge in [-0.15, -0.1) is 0 Å². The van der Waals surface area contributed by atoms with Crippen molar-refractivity contribution < 1.29 is 10.2 Å². The SMILES string of the molecule is CC(O)NCCCNC(C)O. The molecule has 0 saturated carbocycles. The van der Waals surface area contributed by atoms with Crippen molar-refractivity contribution in [3.8, 4) is 0 Å². The molecule has 0 amide bonds. The summed E-state index contributed by atoms with van der Waals surface area (Å²) in [6, 6.07) is 0. The van der Waals surface area contributed by atoms with E-state index in [4.69, 9.17) is 10.2 Å². The van der Waals surface area contributed by atoms with Crippen LogP contribution in [0.3, 0.4) is 0 Å². The Kier molecular flexibility index (Phi) is 6.45. The fourth-order valence-corrected chi connectivity index (χ4v) is 0.710. The van der Waals surface area contributed by atoms with Crippen molar-refractivity contribution in [3.05, 3.63) is 0 Å². The van der Waals surface area contributed by atoms with E-state index in [0.717, 1.165) is 19.5 Å². The maximum Gasteiger partial charge on any atom is 0.102 e. The summed E-state index contributed by atoms with van der Waals surface area (Å²) in [6.07, 6.45) is 0.0126. The predicted octanol–water partition coefficient (Wildman–Crippen LogP) is -0.768. The van der Waals surface area contributed by atoms with Crippen molar-refractivity contribution in [2.24, 2.45) is 0 Å². The molecule has 0 aliphatic carbocycles. The zero-order valence-corrected chi connectivity index (χ0v) is 7.17. The third-order valence-corrected chi connectivity index (χ3v) is 1.23. The second kappa shape index (κ2) is 6.54. The summed E-state index contributed by atoms with van der Waals surface area (Å²) >= 11 is 0. The summed E-state index contributed by atoms with van der Waals surface area (Å²) in [7, 11) is 0. The van der Waals surface area contributed by atoms with E-state index in [1.807, 2.05) is 0 Å². The molecule has 2 unspecified atom stereocenters. The zero-order valence-electron chi connectivity index (χ0n) is 7.17. The standard InChI is InChI=1S/C7H18N2O2/c1-6(10)8-4-3-5-9-7(2)11/h6-11H,3-5H2,1-2H3. The highest BCUT2D eigenvalue weighted by Crippen LogP contribution is 1.78. The van der Waals surface area contributed by atoms with Gasteiger partial charge in [-0.1, -0.05) is 0 Å². The summed E-state index contributed by atoms with van der Waals surface area (Å²) in [4.78, 5) is 0. The predicted molar refractivity (Wildman–Crippen MR) is 44.0 cm³/mol. The fraction of sp³-hybridized carbons (Fsp3) is 1.00. The number of aliphatic hydroxyl groups excluding tert-OH is 2. The highest BCUT2D eigenvalue weighted by Gasteiger charge is 1.94. The maximum atomic E-state index is 8.78. The summed E-state index contributed by atoms with van der Waals surface area (Å²) < 4.78 is 0. The lowest BCUT2D eigenvalue weighted by Gasteiger charge is -2.09. The first kappa shape index (κ1) is 10.8. The van der Waals surface area contributed by atoms with Gasteiger partial charge in [0.25, 0.3) is 0 Å². The molecule has 0 aromatic carbocycles. The maximum absolute atomic E-state index is 8.78. The Morgan fingerprint density at radius 3 is 1.64 bits per heavy atom. The quantitative estimate of drug-likeness (QED) is 0.306. The smallest absolute Gasteiger partial charge is 0.102 e. The molecular weight excluding hydrogens is 144 g/mol. The van der Waals surface area contributed by atoms with E-state index in [1.165, 1.54) is 0 Å². The second-order valence-corrected chi connectivity index (χ2v) is 2.61. The van der Waals surface area contributed by atoms with Crippen molar-refractivity contribution in [1.82, 2.24) is 10.6 Å². The van der Waals surface area contributed by atoms with Crippen LogP contribution in [0.15, 0.2) is 0 Å². The Bertz CT molecular complexity index is 76.5. The van der Waals surface area contributed by atoms with E-state index in [9.17, 15) is 0 Å². The van der Waals surface area contributed by atoms with E-state index in [2.05, 4.69) is 10.6 Å². The molecule has 2 atom stereocenters. The minimum absolute atomic E-state index is 0.443. The second-order valence-electron chi connectivity index (χ2n) is 2.61. The summed E-state index contributed by atoms with van der Waals surface area (Å²) in [5.74, 6) is 0. The summed E-state index contributed by atoms with van der Waals surface area (Å²) in [5, 5.41) is 23.3. The van der Waals surface area contributed by atoms with Gasteiger partial charge in [-0.3, -0.25) is 10.6 Å². The molecule has 0 fully saturated rings. The van der Waals surface area contributed by atoms with Crippen LogP contribution < -0.4 is 10.6 Å². The van der Waals surface area contributed by atoms with Gasteiger partial charge in [-0.25, -0.2) is 0 Å². The van der Waals surface area contributed by atoms with Crippen LogP contribution in [0, 0.1) is 0 Å². The van der Waals surface area contributed by atoms with E-state index in [-0.39, 0.29) is 0 Å². The molecule has 0 aromatic rings. The Hall–Kier alpha value is -0.160. The van der Waals surface area contributed by atoms with Gasteiger partial charge in [-0.2, -0.15) is 0 Å². The van der Waals surface area contributed by atoms with Gasteiger partial charge in [-0.05, 0) is 33.4 Å². The molecule has 0 bridgehead atoms. The number of hydrogen-bond donors (Lipinski definition) is 4. The molecule has 4 nitrogen and oxygen atoms in total. The Labute approximate surface area is 67.6 Å². The number of aliphatic hydroxyl groups is 2. The van der Waals surface area contributed by atoms with Crippen molar-refractivity contribution in [3.63, 3.8) is 0 Å². The highest BCUT2D eigenvalue weighted by molar-refractivity contribution is 4.51. The molecule has 4 heteroatoms. The number of rotatable bonds is 6. The Morgan fingerprint density at radius 2 is 1.36 bits per heavy atom. The van der Waals surface area contributed by atoms with Crippen LogP contribution in [0.4, 0.5) is 0 Å².